The number of hydrogen-bond acceptors (Lipinski definition) is 2. The number of unbranched alkanes of at least 4 members (excludes halogenated alkanes) is 1. The van der Waals surface area contributed by atoms with Gasteiger partial charge >= 0.3 is 0 Å². The molecule has 3 nitrogen and oxygen atoms in total. The Morgan fingerprint density at radius 2 is 1.81 bits per heavy atom. The summed E-state index contributed by atoms with van der Waals surface area (Å²) in [6, 6.07) is 16.1. The molecule has 4 heteroatoms. The van der Waals surface area contributed by atoms with E-state index in [4.69, 9.17) is 4.74 Å². The minimum Gasteiger partial charge on any atom is -1.00 e. The van der Waals surface area contributed by atoms with Gasteiger partial charge in [-0.05, 0) is 42.8 Å². The lowest BCUT2D eigenvalue weighted by Crippen LogP contribution is -3.00. The van der Waals surface area contributed by atoms with E-state index in [1.54, 1.807) is 0 Å². The fraction of sp³-hybridized carbons (Fsp3) is 0.235. The maximum absolute atomic E-state index is 5.67. The van der Waals surface area contributed by atoms with Crippen LogP contribution in [0.5, 0.6) is 5.75 Å². The number of nitrogens with one attached hydrogen (secondary N) is 1. The first-order chi connectivity index (χ1) is 9.86. The Balaban J connectivity index is 0.00000161. The summed E-state index contributed by atoms with van der Waals surface area (Å²) in [6.45, 7) is 2.94. The number of rotatable bonds is 5. The summed E-state index contributed by atoms with van der Waals surface area (Å²) in [4.78, 5) is 7.92. The molecule has 0 spiro atoms. The van der Waals surface area contributed by atoms with Crippen LogP contribution in [0, 0.1) is 0 Å². The predicted octanol–water partition coefficient (Wildman–Crippen LogP) is 1.41. The summed E-state index contributed by atoms with van der Waals surface area (Å²) in [5.41, 5.74) is 3.13. The molecule has 1 aromatic heterocycles. The summed E-state index contributed by atoms with van der Waals surface area (Å²) < 4.78 is 5.67. The van der Waals surface area contributed by atoms with Gasteiger partial charge < -0.3 is 22.1 Å². The van der Waals surface area contributed by atoms with Crippen LogP contribution < -0.4 is 17.1 Å². The highest BCUT2D eigenvalue weighted by molar-refractivity contribution is 5.79. The number of fused-ring (bicyclic) bond motifs is 1. The number of H-pyrrole nitrogens is 1. The standard InChI is InChI=1S/C17H18N2O.ClH/c1-2-3-12-20-14-10-8-13(9-11-14)17-18-15-6-4-5-7-16(15)19-17;/h4-11H,2-3,12H2,1H3,(H,18,19);1H/p-1. The minimum atomic E-state index is 0. The van der Waals surface area contributed by atoms with Crippen molar-refractivity contribution in [3.8, 4) is 17.1 Å². The number of halogens is 1. The first-order valence-electron chi connectivity index (χ1n) is 7.05. The van der Waals surface area contributed by atoms with Gasteiger partial charge in [-0.3, -0.25) is 0 Å². The summed E-state index contributed by atoms with van der Waals surface area (Å²) in [5.74, 6) is 1.81. The molecule has 0 aliphatic rings. The third-order valence-corrected chi connectivity index (χ3v) is 3.28. The van der Waals surface area contributed by atoms with Crippen molar-refractivity contribution >= 4 is 11.0 Å². The fourth-order valence-electron chi connectivity index (χ4n) is 2.13. The van der Waals surface area contributed by atoms with E-state index in [-0.39, 0.29) is 12.4 Å². The molecule has 0 radical (unpaired) electrons. The monoisotopic (exact) mass is 301 g/mol. The molecule has 0 aliphatic heterocycles. The zero-order valence-corrected chi connectivity index (χ0v) is 12.7. The molecule has 0 fully saturated rings. The van der Waals surface area contributed by atoms with E-state index in [1.807, 2.05) is 48.5 Å². The number of para-hydroxylation sites is 2. The molecule has 2 aromatic carbocycles. The molecule has 3 aromatic rings. The average molecular weight is 302 g/mol. The van der Waals surface area contributed by atoms with Gasteiger partial charge in [0.2, 0.25) is 0 Å². The molecule has 0 saturated carbocycles. The van der Waals surface area contributed by atoms with E-state index in [9.17, 15) is 0 Å². The summed E-state index contributed by atoms with van der Waals surface area (Å²) in [5, 5.41) is 0. The van der Waals surface area contributed by atoms with Crippen LogP contribution in [0.4, 0.5) is 0 Å². The molecule has 1 N–H and O–H groups in total. The van der Waals surface area contributed by atoms with Gasteiger partial charge in [0, 0.05) is 5.56 Å². The molecule has 0 amide bonds. The first-order valence-corrected chi connectivity index (χ1v) is 7.05. The van der Waals surface area contributed by atoms with E-state index in [2.05, 4.69) is 16.9 Å². The summed E-state index contributed by atoms with van der Waals surface area (Å²) >= 11 is 0. The quantitative estimate of drug-likeness (QED) is 0.724. The van der Waals surface area contributed by atoms with Crippen molar-refractivity contribution in [2.24, 2.45) is 0 Å². The van der Waals surface area contributed by atoms with Crippen molar-refractivity contribution in [2.45, 2.75) is 19.8 Å². The number of ether oxygens (including phenoxy) is 1. The number of aromatic nitrogens is 2. The molecule has 0 aliphatic carbocycles. The van der Waals surface area contributed by atoms with Crippen LogP contribution in [0.3, 0.4) is 0 Å². The van der Waals surface area contributed by atoms with E-state index < -0.39 is 0 Å². The van der Waals surface area contributed by atoms with Crippen LogP contribution in [0.15, 0.2) is 48.5 Å². The van der Waals surface area contributed by atoms with E-state index >= 15 is 0 Å². The number of nitrogens with zero attached hydrogens (tertiary/aromatic N) is 1. The lowest BCUT2D eigenvalue weighted by Gasteiger charge is -2.05. The smallest absolute Gasteiger partial charge is 0.138 e. The maximum Gasteiger partial charge on any atom is 0.138 e. The van der Waals surface area contributed by atoms with Gasteiger partial charge in [-0.1, -0.05) is 25.5 Å². The number of aromatic amines is 1. The molecule has 1 heterocycles. The fourth-order valence-corrected chi connectivity index (χ4v) is 2.13. The summed E-state index contributed by atoms with van der Waals surface area (Å²) in [6.07, 6.45) is 2.24. The van der Waals surface area contributed by atoms with Crippen molar-refractivity contribution in [3.05, 3.63) is 48.5 Å². The van der Waals surface area contributed by atoms with Crippen molar-refractivity contribution in [1.82, 2.24) is 9.97 Å². The van der Waals surface area contributed by atoms with Gasteiger partial charge in [0.1, 0.15) is 11.6 Å². The lowest BCUT2D eigenvalue weighted by atomic mass is 10.2. The Morgan fingerprint density at radius 3 is 2.52 bits per heavy atom. The van der Waals surface area contributed by atoms with Crippen LogP contribution in [-0.4, -0.2) is 16.6 Å². The SMILES string of the molecule is CCCCOc1ccc(-c2nc3ccccc3[nH]2)cc1.[Cl-]. The Morgan fingerprint density at radius 1 is 1.05 bits per heavy atom. The van der Waals surface area contributed by atoms with E-state index in [0.717, 1.165) is 47.6 Å². The number of benzene rings is 2. The third kappa shape index (κ3) is 3.56. The van der Waals surface area contributed by atoms with Gasteiger partial charge in [-0.25, -0.2) is 4.98 Å². The molecular formula is C17H18ClN2O-. The largest absolute Gasteiger partial charge is 1.00 e. The highest BCUT2D eigenvalue weighted by Gasteiger charge is 2.04. The van der Waals surface area contributed by atoms with E-state index in [0.29, 0.717) is 0 Å². The van der Waals surface area contributed by atoms with Crippen molar-refractivity contribution in [2.75, 3.05) is 6.61 Å². The van der Waals surface area contributed by atoms with Gasteiger partial charge in [0.15, 0.2) is 0 Å². The topological polar surface area (TPSA) is 37.9 Å². The van der Waals surface area contributed by atoms with Crippen molar-refractivity contribution in [1.29, 1.82) is 0 Å². The van der Waals surface area contributed by atoms with Crippen LogP contribution >= 0.6 is 0 Å². The van der Waals surface area contributed by atoms with Crippen LogP contribution in [0.1, 0.15) is 19.8 Å². The number of hydrogen-bond donors (Lipinski definition) is 1. The molecular weight excluding hydrogens is 284 g/mol. The number of imidazole rings is 1. The Labute approximate surface area is 130 Å². The third-order valence-electron chi connectivity index (χ3n) is 3.28. The maximum atomic E-state index is 5.67. The van der Waals surface area contributed by atoms with Crippen molar-refractivity contribution < 1.29 is 17.1 Å². The highest BCUT2D eigenvalue weighted by atomic mass is 35.5. The second-order valence-corrected chi connectivity index (χ2v) is 4.83. The Kier molecular flexibility index (Phi) is 5.23. The van der Waals surface area contributed by atoms with E-state index in [1.165, 1.54) is 0 Å². The predicted molar refractivity (Wildman–Crippen MR) is 81.9 cm³/mol. The van der Waals surface area contributed by atoms with Gasteiger partial charge in [0.25, 0.3) is 0 Å². The van der Waals surface area contributed by atoms with Crippen LogP contribution in [0.25, 0.3) is 22.4 Å². The van der Waals surface area contributed by atoms with Crippen LogP contribution in [-0.2, 0) is 0 Å². The van der Waals surface area contributed by atoms with Crippen LogP contribution in [0.2, 0.25) is 0 Å². The highest BCUT2D eigenvalue weighted by Crippen LogP contribution is 2.22. The Hall–Kier alpha value is -2.00. The second kappa shape index (κ2) is 7.14. The normalized spacial score (nSPS) is 10.3. The lowest BCUT2D eigenvalue weighted by molar-refractivity contribution is -0.00000469. The Bertz CT molecular complexity index is 658. The zero-order chi connectivity index (χ0) is 13.8. The minimum absolute atomic E-state index is 0. The second-order valence-electron chi connectivity index (χ2n) is 4.83. The summed E-state index contributed by atoms with van der Waals surface area (Å²) in [7, 11) is 0. The van der Waals surface area contributed by atoms with Gasteiger partial charge in [0.05, 0.1) is 17.6 Å². The molecule has 110 valence electrons. The van der Waals surface area contributed by atoms with Gasteiger partial charge in [-0.15, -0.1) is 0 Å². The molecule has 0 unspecified atom stereocenters. The van der Waals surface area contributed by atoms with Crippen molar-refractivity contribution in [3.63, 3.8) is 0 Å². The first kappa shape index (κ1) is 15.4. The molecule has 21 heavy (non-hydrogen) atoms. The molecule has 0 bridgehead atoms. The zero-order valence-electron chi connectivity index (χ0n) is 12.0. The average Bonchev–Trinajstić information content (AvgIpc) is 2.92. The molecule has 3 rings (SSSR count). The molecule has 0 saturated heterocycles. The van der Waals surface area contributed by atoms with Gasteiger partial charge in [-0.2, -0.15) is 0 Å². The molecule has 0 atom stereocenters.